The maximum Gasteiger partial charge on any atom is 0.358 e. The number of nitrogens with two attached hydrogens (primary N) is 1. The molecule has 0 saturated carbocycles. The van der Waals surface area contributed by atoms with E-state index in [1.165, 1.54) is 7.11 Å². The van der Waals surface area contributed by atoms with Gasteiger partial charge >= 0.3 is 5.97 Å². The average Bonchev–Trinajstić information content (AvgIpc) is 2.28. The third kappa shape index (κ3) is 1.86. The minimum absolute atomic E-state index is 0.146. The number of benzene rings is 1. The lowest BCUT2D eigenvalue weighted by atomic mass is 10.2. The number of hydrogen-bond acceptors (Lipinski definition) is 4. The predicted octanol–water partition coefficient (Wildman–Crippen LogP) is 2.37. The second-order valence-electron chi connectivity index (χ2n) is 3.25. The Balaban J connectivity index is 2.68. The number of nitrogen functional groups attached to an aromatic ring is 1. The highest BCUT2D eigenvalue weighted by Crippen LogP contribution is 2.22. The first-order chi connectivity index (χ1) is 7.61. The SMILES string of the molecule is COC(=O)c1nc2cc(Br)ccc2cc1N. The number of pyridine rings is 1. The van der Waals surface area contributed by atoms with E-state index in [0.717, 1.165) is 9.86 Å². The van der Waals surface area contributed by atoms with Crippen LogP contribution in [0.3, 0.4) is 0 Å². The van der Waals surface area contributed by atoms with Crippen LogP contribution >= 0.6 is 15.9 Å². The van der Waals surface area contributed by atoms with Gasteiger partial charge in [-0.2, -0.15) is 0 Å². The number of anilines is 1. The molecule has 2 aromatic rings. The van der Waals surface area contributed by atoms with Crippen molar-refractivity contribution in [2.75, 3.05) is 12.8 Å². The second-order valence-corrected chi connectivity index (χ2v) is 4.17. The van der Waals surface area contributed by atoms with Crippen molar-refractivity contribution in [3.8, 4) is 0 Å². The molecule has 2 N–H and O–H groups in total. The van der Waals surface area contributed by atoms with E-state index in [9.17, 15) is 4.79 Å². The average molecular weight is 281 g/mol. The quantitative estimate of drug-likeness (QED) is 0.815. The van der Waals surface area contributed by atoms with Gasteiger partial charge in [0, 0.05) is 9.86 Å². The fourth-order valence-corrected chi connectivity index (χ4v) is 1.77. The largest absolute Gasteiger partial charge is 0.464 e. The van der Waals surface area contributed by atoms with Crippen LogP contribution in [0.5, 0.6) is 0 Å². The molecule has 0 aliphatic rings. The standard InChI is InChI=1S/C11H9BrN2O2/c1-16-11(15)10-8(13)4-6-2-3-7(12)5-9(6)14-10/h2-5H,13H2,1H3. The number of hydrogen-bond donors (Lipinski definition) is 1. The van der Waals surface area contributed by atoms with Gasteiger partial charge in [-0.25, -0.2) is 9.78 Å². The number of rotatable bonds is 1. The maximum absolute atomic E-state index is 11.4. The highest BCUT2D eigenvalue weighted by molar-refractivity contribution is 9.10. The monoisotopic (exact) mass is 280 g/mol. The molecule has 0 bridgehead atoms. The van der Waals surface area contributed by atoms with E-state index >= 15 is 0 Å². The molecule has 4 nitrogen and oxygen atoms in total. The summed E-state index contributed by atoms with van der Waals surface area (Å²) in [6.07, 6.45) is 0. The molecule has 1 aromatic heterocycles. The molecule has 0 radical (unpaired) electrons. The van der Waals surface area contributed by atoms with Crippen LogP contribution in [0, 0.1) is 0 Å². The van der Waals surface area contributed by atoms with Crippen molar-refractivity contribution in [3.05, 3.63) is 34.4 Å². The van der Waals surface area contributed by atoms with Gasteiger partial charge in [0.15, 0.2) is 5.69 Å². The molecular formula is C11H9BrN2O2. The minimum Gasteiger partial charge on any atom is -0.464 e. The molecule has 1 heterocycles. The summed E-state index contributed by atoms with van der Waals surface area (Å²) in [5.41, 5.74) is 6.89. The van der Waals surface area contributed by atoms with E-state index in [-0.39, 0.29) is 5.69 Å². The minimum atomic E-state index is -0.528. The van der Waals surface area contributed by atoms with Crippen LogP contribution in [0.2, 0.25) is 0 Å². The molecule has 0 aliphatic carbocycles. The number of fused-ring (bicyclic) bond motifs is 1. The van der Waals surface area contributed by atoms with E-state index in [1.54, 1.807) is 6.07 Å². The Hall–Kier alpha value is -1.62. The van der Waals surface area contributed by atoms with E-state index in [1.807, 2.05) is 18.2 Å². The Kier molecular flexibility index (Phi) is 2.78. The number of carbonyl (C=O) groups is 1. The lowest BCUT2D eigenvalue weighted by Crippen LogP contribution is -2.08. The predicted molar refractivity (Wildman–Crippen MR) is 65.2 cm³/mol. The number of esters is 1. The lowest BCUT2D eigenvalue weighted by molar-refractivity contribution is 0.0596. The molecule has 0 fully saturated rings. The first kappa shape index (κ1) is 10.9. The number of aromatic nitrogens is 1. The zero-order valence-corrected chi connectivity index (χ0v) is 10.1. The van der Waals surface area contributed by atoms with Gasteiger partial charge in [-0.15, -0.1) is 0 Å². The van der Waals surface area contributed by atoms with Crippen LogP contribution in [0.1, 0.15) is 10.5 Å². The van der Waals surface area contributed by atoms with Gasteiger partial charge in [0.1, 0.15) is 0 Å². The second kappa shape index (κ2) is 4.09. The van der Waals surface area contributed by atoms with Crippen molar-refractivity contribution in [2.45, 2.75) is 0 Å². The third-order valence-electron chi connectivity index (χ3n) is 2.19. The first-order valence-corrected chi connectivity index (χ1v) is 5.35. The number of halogens is 1. The van der Waals surface area contributed by atoms with Crippen LogP contribution < -0.4 is 5.73 Å². The number of ether oxygens (including phenoxy) is 1. The molecule has 16 heavy (non-hydrogen) atoms. The highest BCUT2D eigenvalue weighted by Gasteiger charge is 2.13. The van der Waals surface area contributed by atoms with Crippen molar-refractivity contribution in [1.29, 1.82) is 0 Å². The molecule has 0 spiro atoms. The van der Waals surface area contributed by atoms with Crippen LogP contribution in [-0.4, -0.2) is 18.1 Å². The number of carbonyl (C=O) groups excluding carboxylic acids is 1. The van der Waals surface area contributed by atoms with Crippen molar-refractivity contribution < 1.29 is 9.53 Å². The summed E-state index contributed by atoms with van der Waals surface area (Å²) in [5, 5.41) is 0.883. The van der Waals surface area contributed by atoms with Crippen molar-refractivity contribution in [1.82, 2.24) is 4.98 Å². The van der Waals surface area contributed by atoms with Gasteiger partial charge in [0.05, 0.1) is 18.3 Å². The smallest absolute Gasteiger partial charge is 0.358 e. The fourth-order valence-electron chi connectivity index (χ4n) is 1.42. The van der Waals surface area contributed by atoms with Crippen molar-refractivity contribution in [3.63, 3.8) is 0 Å². The maximum atomic E-state index is 11.4. The van der Waals surface area contributed by atoms with Crippen LogP contribution in [-0.2, 0) is 4.74 Å². The molecule has 0 aliphatic heterocycles. The van der Waals surface area contributed by atoms with Gasteiger partial charge in [-0.05, 0) is 18.2 Å². The summed E-state index contributed by atoms with van der Waals surface area (Å²) in [4.78, 5) is 15.6. The zero-order chi connectivity index (χ0) is 11.7. The van der Waals surface area contributed by atoms with Crippen LogP contribution in [0.4, 0.5) is 5.69 Å². The molecule has 0 unspecified atom stereocenters. The van der Waals surface area contributed by atoms with Crippen LogP contribution in [0.25, 0.3) is 10.9 Å². The summed E-state index contributed by atoms with van der Waals surface area (Å²) in [7, 11) is 1.30. The van der Waals surface area contributed by atoms with E-state index in [2.05, 4.69) is 25.7 Å². The van der Waals surface area contributed by atoms with Crippen LogP contribution in [0.15, 0.2) is 28.7 Å². The highest BCUT2D eigenvalue weighted by atomic mass is 79.9. The number of methoxy groups -OCH3 is 1. The van der Waals surface area contributed by atoms with Gasteiger partial charge in [-0.3, -0.25) is 0 Å². The normalized spacial score (nSPS) is 10.4. The summed E-state index contributed by atoms with van der Waals surface area (Å²) < 4.78 is 5.50. The van der Waals surface area contributed by atoms with E-state index in [4.69, 9.17) is 5.73 Å². The van der Waals surface area contributed by atoms with Crippen molar-refractivity contribution >= 4 is 38.5 Å². The Morgan fingerprint density at radius 3 is 2.88 bits per heavy atom. The summed E-state index contributed by atoms with van der Waals surface area (Å²) in [5.74, 6) is -0.528. The Morgan fingerprint density at radius 1 is 1.44 bits per heavy atom. The molecule has 82 valence electrons. The zero-order valence-electron chi connectivity index (χ0n) is 8.53. The fraction of sp³-hybridized carbons (Fsp3) is 0.0909. The summed E-state index contributed by atoms with van der Waals surface area (Å²) in [6, 6.07) is 7.30. The molecular weight excluding hydrogens is 272 g/mol. The van der Waals surface area contributed by atoms with Crippen molar-refractivity contribution in [2.24, 2.45) is 0 Å². The van der Waals surface area contributed by atoms with Gasteiger partial charge < -0.3 is 10.5 Å². The Labute approximate surface area is 101 Å². The molecule has 0 amide bonds. The van der Waals surface area contributed by atoms with Gasteiger partial charge in [0.2, 0.25) is 0 Å². The summed E-state index contributed by atoms with van der Waals surface area (Å²) >= 11 is 3.34. The van der Waals surface area contributed by atoms with E-state index < -0.39 is 5.97 Å². The molecule has 5 heteroatoms. The summed E-state index contributed by atoms with van der Waals surface area (Å²) in [6.45, 7) is 0. The molecule has 1 aromatic carbocycles. The van der Waals surface area contributed by atoms with E-state index in [0.29, 0.717) is 11.2 Å². The Bertz CT molecular complexity index is 569. The third-order valence-corrected chi connectivity index (χ3v) is 2.68. The molecule has 0 atom stereocenters. The topological polar surface area (TPSA) is 65.2 Å². The lowest BCUT2D eigenvalue weighted by Gasteiger charge is -2.05. The first-order valence-electron chi connectivity index (χ1n) is 4.56. The molecule has 0 saturated heterocycles. The van der Waals surface area contributed by atoms with Gasteiger partial charge in [-0.1, -0.05) is 22.0 Å². The number of nitrogens with zero attached hydrogens (tertiary/aromatic N) is 1. The Morgan fingerprint density at radius 2 is 2.19 bits per heavy atom. The van der Waals surface area contributed by atoms with Gasteiger partial charge in [0.25, 0.3) is 0 Å². The molecule has 2 rings (SSSR count).